The summed E-state index contributed by atoms with van der Waals surface area (Å²) in [5.74, 6) is 0.178. The molecule has 0 fully saturated rings. The van der Waals surface area contributed by atoms with Crippen LogP contribution < -0.4 is 5.32 Å². The minimum atomic E-state index is -0.186. The van der Waals surface area contributed by atoms with Gasteiger partial charge in [-0.15, -0.1) is 0 Å². The molecule has 2 heteroatoms. The van der Waals surface area contributed by atoms with Gasteiger partial charge >= 0.3 is 0 Å². The third kappa shape index (κ3) is 3.12. The van der Waals surface area contributed by atoms with Crippen LogP contribution in [0.25, 0.3) is 0 Å². The molecule has 1 N–H and O–H groups in total. The van der Waals surface area contributed by atoms with Gasteiger partial charge in [0.25, 0.3) is 0 Å². The van der Waals surface area contributed by atoms with Crippen LogP contribution in [0.1, 0.15) is 53.4 Å². The van der Waals surface area contributed by atoms with E-state index in [0.717, 1.165) is 18.4 Å². The summed E-state index contributed by atoms with van der Waals surface area (Å²) in [5, 5.41) is 3.41. The topological polar surface area (TPSA) is 29.1 Å². The Balaban J connectivity index is 1.69. The molecule has 0 saturated heterocycles. The minimum absolute atomic E-state index is 0.162. The van der Waals surface area contributed by atoms with Gasteiger partial charge in [0, 0.05) is 11.6 Å². The van der Waals surface area contributed by atoms with Crippen molar-refractivity contribution in [1.82, 2.24) is 5.32 Å². The van der Waals surface area contributed by atoms with Gasteiger partial charge in [-0.3, -0.25) is 4.79 Å². The second kappa shape index (κ2) is 6.45. The van der Waals surface area contributed by atoms with Crippen LogP contribution in [0.3, 0.4) is 0 Å². The molecule has 22 heavy (non-hydrogen) atoms. The van der Waals surface area contributed by atoms with Crippen molar-refractivity contribution in [1.29, 1.82) is 0 Å². The zero-order chi connectivity index (χ0) is 15.5. The van der Waals surface area contributed by atoms with Crippen molar-refractivity contribution < 1.29 is 4.79 Å². The lowest BCUT2D eigenvalue weighted by molar-refractivity contribution is 0.0945. The molecule has 2 atom stereocenters. The van der Waals surface area contributed by atoms with Gasteiger partial charge in [-0.2, -0.15) is 0 Å². The number of carbonyl (C=O) groups excluding carboxylic acids is 1. The molecule has 2 unspecified atom stereocenters. The fraction of sp³-hybridized carbons (Fsp3) is 0.350. The van der Waals surface area contributed by atoms with E-state index in [0.29, 0.717) is 0 Å². The Morgan fingerprint density at radius 1 is 1.00 bits per heavy atom. The molecule has 0 radical (unpaired) electrons. The summed E-state index contributed by atoms with van der Waals surface area (Å²) in [4.78, 5) is 12.6. The molecular formula is C20H23NO. The normalized spacial score (nSPS) is 16.1. The van der Waals surface area contributed by atoms with Crippen molar-refractivity contribution in [2.24, 2.45) is 0 Å². The van der Waals surface area contributed by atoms with Crippen LogP contribution >= 0.6 is 0 Å². The highest BCUT2D eigenvalue weighted by Gasteiger charge is 2.20. The van der Waals surface area contributed by atoms with Gasteiger partial charge in [-0.1, -0.05) is 42.5 Å². The van der Waals surface area contributed by atoms with E-state index in [4.69, 9.17) is 0 Å². The number of hydrogen-bond donors (Lipinski definition) is 1. The largest absolute Gasteiger partial charge is 0.301 e. The number of rotatable bonds is 5. The molecule has 3 rings (SSSR count). The number of ketones is 1. The lowest BCUT2D eigenvalue weighted by Crippen LogP contribution is -2.35. The number of carbonyl (C=O) groups is 1. The van der Waals surface area contributed by atoms with Crippen molar-refractivity contribution in [3.63, 3.8) is 0 Å². The zero-order valence-corrected chi connectivity index (χ0v) is 13.3. The highest BCUT2D eigenvalue weighted by molar-refractivity contribution is 6.00. The number of nitrogens with one attached hydrogen (secondary N) is 1. The molecule has 1 aliphatic carbocycles. The third-order valence-corrected chi connectivity index (χ3v) is 4.58. The molecule has 114 valence electrons. The van der Waals surface area contributed by atoms with Gasteiger partial charge in [0.1, 0.15) is 0 Å². The molecular weight excluding hydrogens is 270 g/mol. The minimum Gasteiger partial charge on any atom is -0.301 e. The lowest BCUT2D eigenvalue weighted by atomic mass is 9.99. The van der Waals surface area contributed by atoms with Gasteiger partial charge in [-0.25, -0.2) is 0 Å². The SMILES string of the molecule is CC(NC(C)c1ccccc1)C(=O)c1ccc2c(c1)CCC2. The highest BCUT2D eigenvalue weighted by Crippen LogP contribution is 2.23. The van der Waals surface area contributed by atoms with E-state index in [-0.39, 0.29) is 17.9 Å². The number of fused-ring (bicyclic) bond motifs is 1. The van der Waals surface area contributed by atoms with Crippen LogP contribution in [-0.2, 0) is 12.8 Å². The van der Waals surface area contributed by atoms with Gasteiger partial charge in [0.15, 0.2) is 5.78 Å². The van der Waals surface area contributed by atoms with Gasteiger partial charge in [0.2, 0.25) is 0 Å². The Morgan fingerprint density at radius 2 is 1.73 bits per heavy atom. The summed E-state index contributed by atoms with van der Waals surface area (Å²) >= 11 is 0. The van der Waals surface area contributed by atoms with Crippen molar-refractivity contribution in [2.45, 2.75) is 45.2 Å². The maximum absolute atomic E-state index is 12.6. The molecule has 2 nitrogen and oxygen atoms in total. The Bertz CT molecular complexity index is 663. The summed E-state index contributed by atoms with van der Waals surface area (Å²) in [6.45, 7) is 4.05. The summed E-state index contributed by atoms with van der Waals surface area (Å²) < 4.78 is 0. The molecule has 0 heterocycles. The van der Waals surface area contributed by atoms with Gasteiger partial charge in [-0.05, 0) is 55.9 Å². The molecule has 1 aliphatic rings. The first kappa shape index (κ1) is 15.0. The van der Waals surface area contributed by atoms with Crippen LogP contribution in [-0.4, -0.2) is 11.8 Å². The second-order valence-electron chi connectivity index (χ2n) is 6.22. The Morgan fingerprint density at radius 3 is 2.50 bits per heavy atom. The summed E-state index contributed by atoms with van der Waals surface area (Å²) in [5.41, 5.74) is 4.81. The van der Waals surface area contributed by atoms with Crippen LogP contribution in [0, 0.1) is 0 Å². The molecule has 2 aromatic carbocycles. The average molecular weight is 293 g/mol. The number of Topliss-reactive ketones (excluding diaryl/α,β-unsaturated/α-hetero) is 1. The first-order valence-electron chi connectivity index (χ1n) is 8.12. The quantitative estimate of drug-likeness (QED) is 0.841. The molecule has 2 aromatic rings. The van der Waals surface area contributed by atoms with Crippen molar-refractivity contribution in [3.8, 4) is 0 Å². The highest BCUT2D eigenvalue weighted by atomic mass is 16.1. The summed E-state index contributed by atoms with van der Waals surface area (Å²) in [6.07, 6.45) is 3.48. The lowest BCUT2D eigenvalue weighted by Gasteiger charge is -2.20. The van der Waals surface area contributed by atoms with Gasteiger partial charge < -0.3 is 5.32 Å². The van der Waals surface area contributed by atoms with Crippen LogP contribution in [0.15, 0.2) is 48.5 Å². The van der Waals surface area contributed by atoms with Crippen LogP contribution in [0.5, 0.6) is 0 Å². The van der Waals surface area contributed by atoms with E-state index in [9.17, 15) is 4.79 Å². The van der Waals surface area contributed by atoms with Crippen LogP contribution in [0.4, 0.5) is 0 Å². The predicted molar refractivity (Wildman–Crippen MR) is 90.3 cm³/mol. The molecule has 0 bridgehead atoms. The Hall–Kier alpha value is -1.93. The predicted octanol–water partition coefficient (Wildman–Crippen LogP) is 4.10. The fourth-order valence-corrected chi connectivity index (χ4v) is 3.26. The van der Waals surface area contributed by atoms with E-state index < -0.39 is 0 Å². The standard InChI is InChI=1S/C20H23NO/c1-14(16-7-4-3-5-8-16)21-15(2)20(22)19-12-11-17-9-6-10-18(17)13-19/h3-5,7-8,11-15,21H,6,9-10H2,1-2H3. The first-order chi connectivity index (χ1) is 10.6. The number of aryl methyl sites for hydroxylation is 2. The van der Waals surface area contributed by atoms with Crippen molar-refractivity contribution in [2.75, 3.05) is 0 Å². The molecule has 0 amide bonds. The monoisotopic (exact) mass is 293 g/mol. The van der Waals surface area contributed by atoms with Gasteiger partial charge in [0.05, 0.1) is 6.04 Å². The fourth-order valence-electron chi connectivity index (χ4n) is 3.26. The van der Waals surface area contributed by atoms with E-state index in [1.807, 2.05) is 31.2 Å². The summed E-state index contributed by atoms with van der Waals surface area (Å²) in [7, 11) is 0. The Kier molecular flexibility index (Phi) is 4.39. The van der Waals surface area contributed by atoms with Crippen molar-refractivity contribution >= 4 is 5.78 Å². The van der Waals surface area contributed by atoms with Crippen molar-refractivity contribution in [3.05, 3.63) is 70.8 Å². The second-order valence-corrected chi connectivity index (χ2v) is 6.22. The molecule has 0 saturated carbocycles. The maximum atomic E-state index is 12.6. The Labute approximate surface area is 132 Å². The molecule has 0 aromatic heterocycles. The maximum Gasteiger partial charge on any atom is 0.179 e. The van der Waals surface area contributed by atoms with E-state index in [2.05, 4.69) is 36.5 Å². The van der Waals surface area contributed by atoms with Crippen LogP contribution in [0.2, 0.25) is 0 Å². The zero-order valence-electron chi connectivity index (χ0n) is 13.3. The third-order valence-electron chi connectivity index (χ3n) is 4.58. The summed E-state index contributed by atoms with van der Waals surface area (Å²) in [6, 6.07) is 16.4. The molecule has 0 aliphatic heterocycles. The molecule has 0 spiro atoms. The average Bonchev–Trinajstić information content (AvgIpc) is 3.02. The first-order valence-corrected chi connectivity index (χ1v) is 8.12. The number of hydrogen-bond acceptors (Lipinski definition) is 2. The van der Waals surface area contributed by atoms with E-state index in [1.165, 1.54) is 23.1 Å². The smallest absolute Gasteiger partial charge is 0.179 e. The number of benzene rings is 2. The van der Waals surface area contributed by atoms with E-state index in [1.54, 1.807) is 0 Å². The van der Waals surface area contributed by atoms with E-state index >= 15 is 0 Å².